The van der Waals surface area contributed by atoms with Crippen molar-refractivity contribution < 1.29 is 23.8 Å². The number of hydrogen-bond donors (Lipinski definition) is 3. The molecule has 0 unspecified atom stereocenters. The van der Waals surface area contributed by atoms with Crippen molar-refractivity contribution in [1.82, 2.24) is 19.8 Å². The topological polar surface area (TPSA) is 118 Å². The van der Waals surface area contributed by atoms with E-state index in [9.17, 15) is 19.1 Å². The van der Waals surface area contributed by atoms with Gasteiger partial charge in [-0.15, -0.1) is 0 Å². The number of rotatable bonds is 6. The maximum atomic E-state index is 14.3. The van der Waals surface area contributed by atoms with Gasteiger partial charge in [-0.2, -0.15) is 0 Å². The van der Waals surface area contributed by atoms with E-state index < -0.39 is 11.9 Å². The van der Waals surface area contributed by atoms with Crippen LogP contribution in [0.25, 0.3) is 10.9 Å². The molecule has 0 radical (unpaired) electrons. The van der Waals surface area contributed by atoms with Crippen molar-refractivity contribution in [2.24, 2.45) is 5.92 Å². The minimum absolute atomic E-state index is 0.00702. The monoisotopic (exact) mass is 495 g/mol. The van der Waals surface area contributed by atoms with Gasteiger partial charge in [-0.1, -0.05) is 0 Å². The van der Waals surface area contributed by atoms with Gasteiger partial charge in [0.15, 0.2) is 23.9 Å². The first kappa shape index (κ1) is 22.9. The van der Waals surface area contributed by atoms with Gasteiger partial charge in [-0.3, -0.25) is 24.0 Å². The fraction of sp³-hybridized carbons (Fsp3) is 0.400. The Morgan fingerprint density at radius 2 is 2.06 bits per heavy atom. The number of β-amino-alcohol motifs (C(OH)–C–C–N with tert-alkyl or cyclic N) is 1. The maximum absolute atomic E-state index is 14.3. The van der Waals surface area contributed by atoms with Crippen molar-refractivity contribution in [2.75, 3.05) is 44.7 Å². The molecule has 2 aromatic heterocycles. The third-order valence-corrected chi connectivity index (χ3v) is 7.00. The number of nitrogens with one attached hydrogen (secondary N) is 2. The van der Waals surface area contributed by atoms with E-state index in [2.05, 4.69) is 20.5 Å². The minimum Gasteiger partial charge on any atom is -0.486 e. The van der Waals surface area contributed by atoms with Crippen molar-refractivity contribution in [3.05, 3.63) is 58.4 Å². The Bertz CT molecular complexity index is 1400. The van der Waals surface area contributed by atoms with Crippen molar-refractivity contribution in [1.29, 1.82) is 0 Å². The number of hydrogen-bond acceptors (Lipinski definition) is 8. The minimum atomic E-state index is -0.525. The Hall–Kier alpha value is -3.54. The van der Waals surface area contributed by atoms with Crippen molar-refractivity contribution in [3.63, 3.8) is 0 Å². The number of carbonyl (C=O) groups excluding carboxylic acids is 1. The van der Waals surface area contributed by atoms with Gasteiger partial charge in [0.05, 0.1) is 35.2 Å². The second-order valence-electron chi connectivity index (χ2n) is 9.51. The number of amides is 1. The van der Waals surface area contributed by atoms with Crippen LogP contribution in [0.5, 0.6) is 11.5 Å². The van der Waals surface area contributed by atoms with Crippen molar-refractivity contribution >= 4 is 22.5 Å². The van der Waals surface area contributed by atoms with E-state index in [0.29, 0.717) is 49.7 Å². The summed E-state index contributed by atoms with van der Waals surface area (Å²) in [7, 11) is 0. The Kier molecular flexibility index (Phi) is 5.82. The number of nitrogens with zero attached hydrogens (tertiary/aromatic N) is 3. The lowest BCUT2D eigenvalue weighted by Gasteiger charge is -2.31. The van der Waals surface area contributed by atoms with Gasteiger partial charge in [-0.25, -0.2) is 4.39 Å². The maximum Gasteiger partial charge on any atom is 0.262 e. The number of aliphatic hydroxyl groups is 1. The molecule has 5 heterocycles. The van der Waals surface area contributed by atoms with E-state index in [1.165, 1.54) is 12.1 Å². The van der Waals surface area contributed by atoms with Crippen LogP contribution in [0.15, 0.2) is 41.3 Å². The van der Waals surface area contributed by atoms with E-state index in [0.717, 1.165) is 11.1 Å². The van der Waals surface area contributed by atoms with Crippen LogP contribution in [0.4, 0.5) is 10.1 Å². The normalized spacial score (nSPS) is 23.2. The molecule has 11 heteroatoms. The van der Waals surface area contributed by atoms with Crippen molar-refractivity contribution in [2.45, 2.75) is 18.7 Å². The van der Waals surface area contributed by atoms with Crippen molar-refractivity contribution in [3.8, 4) is 11.5 Å². The third-order valence-electron chi connectivity index (χ3n) is 7.00. The molecule has 1 amide bonds. The summed E-state index contributed by atoms with van der Waals surface area (Å²) < 4.78 is 27.0. The summed E-state index contributed by atoms with van der Waals surface area (Å²) >= 11 is 0. The molecule has 3 N–H and O–H groups in total. The molecule has 3 aromatic rings. The number of aromatic nitrogens is 2. The smallest absolute Gasteiger partial charge is 0.262 e. The predicted octanol–water partition coefficient (Wildman–Crippen LogP) is 0.882. The quantitative estimate of drug-likeness (QED) is 0.462. The van der Waals surface area contributed by atoms with Crippen LogP contribution in [0.1, 0.15) is 11.7 Å². The SMILES string of the molecule is O=C1COc2cnc(CNC[C@@H]3CN(C[C@@H]4COc5c(F)ccc6ccc(=O)n4c56)C[C@H]3O)cc2N1. The highest BCUT2D eigenvalue weighted by atomic mass is 19.1. The molecular formula is C25H26FN5O5. The fourth-order valence-corrected chi connectivity index (χ4v) is 5.28. The summed E-state index contributed by atoms with van der Waals surface area (Å²) in [6, 6.07) is 7.67. The number of carbonyl (C=O) groups is 1. The van der Waals surface area contributed by atoms with E-state index in [1.54, 1.807) is 29.0 Å². The number of halogens is 1. The van der Waals surface area contributed by atoms with Crippen LogP contribution in [0.2, 0.25) is 0 Å². The zero-order valence-electron chi connectivity index (χ0n) is 19.4. The van der Waals surface area contributed by atoms with E-state index in [-0.39, 0.29) is 42.4 Å². The first-order valence-electron chi connectivity index (χ1n) is 12.0. The molecule has 6 rings (SSSR count). The zero-order chi connectivity index (χ0) is 24.8. The van der Waals surface area contributed by atoms with Gasteiger partial charge in [0.1, 0.15) is 6.61 Å². The van der Waals surface area contributed by atoms with Crippen LogP contribution in [-0.4, -0.2) is 71.0 Å². The summed E-state index contributed by atoms with van der Waals surface area (Å²) in [5.74, 6) is -0.0185. The molecule has 188 valence electrons. The van der Waals surface area contributed by atoms with Gasteiger partial charge < -0.3 is 25.2 Å². The Labute approximate surface area is 205 Å². The summed E-state index contributed by atoms with van der Waals surface area (Å²) in [6.07, 6.45) is 1.07. The lowest BCUT2D eigenvalue weighted by Crippen LogP contribution is -2.39. The molecule has 0 spiro atoms. The largest absolute Gasteiger partial charge is 0.486 e. The molecule has 0 bridgehead atoms. The van der Waals surface area contributed by atoms with Crippen LogP contribution in [0.3, 0.4) is 0 Å². The summed E-state index contributed by atoms with van der Waals surface area (Å²) in [4.78, 5) is 30.7. The second-order valence-corrected chi connectivity index (χ2v) is 9.51. The Morgan fingerprint density at radius 1 is 1.19 bits per heavy atom. The van der Waals surface area contributed by atoms with Gasteiger partial charge in [0, 0.05) is 50.1 Å². The third kappa shape index (κ3) is 4.19. The number of likely N-dealkylation sites (tertiary alicyclic amines) is 1. The van der Waals surface area contributed by atoms with E-state index in [4.69, 9.17) is 9.47 Å². The molecule has 1 saturated heterocycles. The number of aliphatic hydroxyl groups excluding tert-OH is 1. The standard InChI is InChI=1S/C25H26FN5O5/c26-18-3-1-14-2-4-23(34)31-17(12-36-25(18)24(14)31)10-30-9-15(20(32)11-30)6-27-7-16-5-19-21(8-28-16)35-13-22(33)29-19/h1-5,8,15,17,20,27,32H,6-7,9-13H2,(H,29,33)/t15-,17-,20-/m1/s1. The molecule has 1 aromatic carbocycles. The van der Waals surface area contributed by atoms with Crippen LogP contribution < -0.4 is 25.7 Å². The summed E-state index contributed by atoms with van der Waals surface area (Å²) in [6.45, 7) is 2.85. The fourth-order valence-electron chi connectivity index (χ4n) is 5.28. The zero-order valence-corrected chi connectivity index (χ0v) is 19.4. The average Bonchev–Trinajstić information content (AvgIpc) is 3.21. The first-order valence-corrected chi connectivity index (χ1v) is 12.0. The van der Waals surface area contributed by atoms with Gasteiger partial charge in [0.2, 0.25) is 0 Å². The molecular weight excluding hydrogens is 469 g/mol. The predicted molar refractivity (Wildman–Crippen MR) is 129 cm³/mol. The number of pyridine rings is 2. The number of ether oxygens (including phenoxy) is 2. The first-order chi connectivity index (χ1) is 17.5. The van der Waals surface area contributed by atoms with Gasteiger partial charge >= 0.3 is 0 Å². The lowest BCUT2D eigenvalue weighted by molar-refractivity contribution is -0.118. The molecule has 3 aliphatic rings. The average molecular weight is 496 g/mol. The van der Waals surface area contributed by atoms with Crippen LogP contribution in [0, 0.1) is 11.7 Å². The highest BCUT2D eigenvalue weighted by Gasteiger charge is 2.34. The summed E-state index contributed by atoms with van der Waals surface area (Å²) in [5, 5.41) is 17.5. The Balaban J connectivity index is 1.09. The van der Waals surface area contributed by atoms with Gasteiger partial charge in [-0.05, 0) is 24.3 Å². The molecule has 1 fully saturated rings. The van der Waals surface area contributed by atoms with E-state index >= 15 is 0 Å². The highest BCUT2D eigenvalue weighted by molar-refractivity contribution is 5.95. The molecule has 10 nitrogen and oxygen atoms in total. The number of fused-ring (bicyclic) bond motifs is 1. The number of benzene rings is 1. The Morgan fingerprint density at radius 3 is 2.94 bits per heavy atom. The highest BCUT2D eigenvalue weighted by Crippen LogP contribution is 2.34. The van der Waals surface area contributed by atoms with Crippen LogP contribution in [-0.2, 0) is 11.3 Å². The molecule has 0 saturated carbocycles. The summed E-state index contributed by atoms with van der Waals surface area (Å²) in [5.41, 5.74) is 1.64. The number of anilines is 1. The molecule has 0 aliphatic carbocycles. The second kappa shape index (κ2) is 9.16. The molecule has 36 heavy (non-hydrogen) atoms. The molecule has 3 atom stereocenters. The molecule has 3 aliphatic heterocycles. The lowest BCUT2D eigenvalue weighted by atomic mass is 10.1. The van der Waals surface area contributed by atoms with Crippen LogP contribution >= 0.6 is 0 Å². The van der Waals surface area contributed by atoms with E-state index in [1.807, 2.05) is 0 Å². The van der Waals surface area contributed by atoms with Gasteiger partial charge in [0.25, 0.3) is 11.5 Å².